The minimum atomic E-state index is 0.181. The number of thiocarbonyl (C=S) groups is 1. The van der Waals surface area contributed by atoms with E-state index in [1.807, 2.05) is 12.1 Å². The molecule has 0 aliphatic carbocycles. The van der Waals surface area contributed by atoms with Crippen LogP contribution in [0.4, 0.5) is 11.4 Å². The molecule has 0 aromatic carbocycles. The van der Waals surface area contributed by atoms with E-state index in [0.717, 1.165) is 0 Å². The molecule has 2 heterocycles. The van der Waals surface area contributed by atoms with Gasteiger partial charge in [0.15, 0.2) is 11.4 Å². The van der Waals surface area contributed by atoms with Crippen LogP contribution in [0.3, 0.4) is 0 Å². The quantitative estimate of drug-likeness (QED) is 0.623. The fourth-order valence-electron chi connectivity index (χ4n) is 1.16. The molecule has 108 valence electrons. The first-order valence-corrected chi connectivity index (χ1v) is 6.63. The van der Waals surface area contributed by atoms with Crippen LogP contribution < -0.4 is 5.73 Å². The topological polar surface area (TPSA) is 112 Å². The SMILES string of the molecule is N#Cc1ncc(N)cc1Cl.N#Cc1ncc(N=C=S)cc1Cl. The van der Waals surface area contributed by atoms with E-state index in [2.05, 4.69) is 32.3 Å². The van der Waals surface area contributed by atoms with Crippen molar-refractivity contribution >= 4 is 52.0 Å². The van der Waals surface area contributed by atoms with Gasteiger partial charge in [0.05, 0.1) is 39.0 Å². The molecule has 0 aliphatic heterocycles. The predicted octanol–water partition coefficient (Wildman–Crippen LogP) is 3.53. The zero-order valence-electron chi connectivity index (χ0n) is 10.8. The maximum Gasteiger partial charge on any atom is 0.159 e. The zero-order valence-corrected chi connectivity index (χ0v) is 13.1. The van der Waals surface area contributed by atoms with Gasteiger partial charge < -0.3 is 5.73 Å². The van der Waals surface area contributed by atoms with Crippen LogP contribution in [0.1, 0.15) is 11.4 Å². The summed E-state index contributed by atoms with van der Waals surface area (Å²) in [5.41, 5.74) is 6.67. The lowest BCUT2D eigenvalue weighted by Gasteiger charge is -1.93. The zero-order chi connectivity index (χ0) is 16.5. The van der Waals surface area contributed by atoms with Crippen LogP contribution in [0.25, 0.3) is 0 Å². The normalized spacial score (nSPS) is 8.55. The molecule has 0 spiro atoms. The molecule has 0 radical (unpaired) electrons. The molecule has 0 fully saturated rings. The van der Waals surface area contributed by atoms with Gasteiger partial charge in [0.1, 0.15) is 12.1 Å². The summed E-state index contributed by atoms with van der Waals surface area (Å²) in [5, 5.41) is 19.6. The van der Waals surface area contributed by atoms with Crippen molar-refractivity contribution in [1.82, 2.24) is 9.97 Å². The van der Waals surface area contributed by atoms with E-state index in [9.17, 15) is 0 Å². The highest BCUT2D eigenvalue weighted by molar-refractivity contribution is 7.78. The number of nitrogen functional groups attached to an aromatic ring is 1. The third-order valence-electron chi connectivity index (χ3n) is 2.08. The highest BCUT2D eigenvalue weighted by Crippen LogP contribution is 2.19. The number of nitriles is 2. The highest BCUT2D eigenvalue weighted by atomic mass is 35.5. The number of nitrogens with two attached hydrogens (primary N) is 1. The van der Waals surface area contributed by atoms with Crippen LogP contribution in [0.15, 0.2) is 29.5 Å². The molecule has 9 heteroatoms. The molecule has 2 aromatic rings. The average molecular weight is 349 g/mol. The van der Waals surface area contributed by atoms with Crippen molar-refractivity contribution in [3.05, 3.63) is 46.0 Å². The van der Waals surface area contributed by atoms with E-state index in [-0.39, 0.29) is 16.4 Å². The van der Waals surface area contributed by atoms with E-state index in [1.165, 1.54) is 24.5 Å². The summed E-state index contributed by atoms with van der Waals surface area (Å²) in [7, 11) is 0. The molecule has 0 unspecified atom stereocenters. The number of hydrogen-bond donors (Lipinski definition) is 1. The Balaban J connectivity index is 0.000000224. The van der Waals surface area contributed by atoms with Crippen molar-refractivity contribution in [2.45, 2.75) is 0 Å². The number of hydrogen-bond acceptors (Lipinski definition) is 7. The van der Waals surface area contributed by atoms with Gasteiger partial charge in [-0.25, -0.2) is 9.97 Å². The molecule has 0 atom stereocenters. The van der Waals surface area contributed by atoms with Crippen LogP contribution in [0, 0.1) is 22.7 Å². The fourth-order valence-corrected chi connectivity index (χ4v) is 1.68. The van der Waals surface area contributed by atoms with Crippen LogP contribution in [-0.2, 0) is 0 Å². The molecular weight excluding hydrogens is 343 g/mol. The largest absolute Gasteiger partial charge is 0.397 e. The lowest BCUT2D eigenvalue weighted by atomic mass is 10.3. The molecule has 0 bridgehead atoms. The Morgan fingerprint density at radius 1 is 1.05 bits per heavy atom. The molecule has 2 N–H and O–H groups in total. The summed E-state index contributed by atoms with van der Waals surface area (Å²) < 4.78 is 0. The molecule has 22 heavy (non-hydrogen) atoms. The second kappa shape index (κ2) is 8.68. The molecule has 6 nitrogen and oxygen atoms in total. The fraction of sp³-hybridized carbons (Fsp3) is 0. The van der Waals surface area contributed by atoms with Crippen LogP contribution in [0.5, 0.6) is 0 Å². The molecule has 0 saturated heterocycles. The summed E-state index contributed by atoms with van der Waals surface area (Å²) in [4.78, 5) is 11.1. The maximum absolute atomic E-state index is 8.48. The molecule has 2 rings (SSSR count). The molecular formula is C13H6Cl2N6S. The van der Waals surface area contributed by atoms with Crippen molar-refractivity contribution in [3.8, 4) is 12.1 Å². The number of nitrogens with zero attached hydrogens (tertiary/aromatic N) is 5. The minimum Gasteiger partial charge on any atom is -0.397 e. The summed E-state index contributed by atoms with van der Waals surface area (Å²) in [6, 6.07) is 6.66. The van der Waals surface area contributed by atoms with Crippen LogP contribution in [0.2, 0.25) is 10.0 Å². The highest BCUT2D eigenvalue weighted by Gasteiger charge is 2.00. The summed E-state index contributed by atoms with van der Waals surface area (Å²) in [6.07, 6.45) is 2.80. The number of aromatic nitrogens is 2. The van der Waals surface area contributed by atoms with Crippen LogP contribution in [-0.4, -0.2) is 15.1 Å². The molecule has 2 aromatic heterocycles. The first-order valence-electron chi connectivity index (χ1n) is 5.46. The van der Waals surface area contributed by atoms with Crippen molar-refractivity contribution in [3.63, 3.8) is 0 Å². The average Bonchev–Trinajstić information content (AvgIpc) is 2.48. The van der Waals surface area contributed by atoms with Crippen molar-refractivity contribution in [1.29, 1.82) is 10.5 Å². The van der Waals surface area contributed by atoms with Gasteiger partial charge in [-0.05, 0) is 24.4 Å². The first-order chi connectivity index (χ1) is 10.5. The Morgan fingerprint density at radius 3 is 2.05 bits per heavy atom. The predicted molar refractivity (Wildman–Crippen MR) is 87.0 cm³/mol. The molecule has 0 amide bonds. The van der Waals surface area contributed by atoms with Gasteiger partial charge in [-0.2, -0.15) is 15.5 Å². The van der Waals surface area contributed by atoms with Gasteiger partial charge in [0.25, 0.3) is 0 Å². The lowest BCUT2D eigenvalue weighted by Crippen LogP contribution is -1.89. The second-order valence-corrected chi connectivity index (χ2v) is 4.55. The Morgan fingerprint density at radius 2 is 1.59 bits per heavy atom. The molecule has 0 saturated carbocycles. The van der Waals surface area contributed by atoms with E-state index in [1.54, 1.807) is 0 Å². The van der Waals surface area contributed by atoms with Gasteiger partial charge in [-0.3, -0.25) is 0 Å². The Labute approximate surface area is 141 Å². The second-order valence-electron chi connectivity index (χ2n) is 3.55. The number of pyridine rings is 2. The Bertz CT molecular complexity index is 818. The monoisotopic (exact) mass is 348 g/mol. The first kappa shape index (κ1) is 17.5. The summed E-state index contributed by atoms with van der Waals surface area (Å²) in [5.74, 6) is 0. The van der Waals surface area contributed by atoms with Gasteiger partial charge in [-0.15, -0.1) is 0 Å². The summed E-state index contributed by atoms with van der Waals surface area (Å²) in [6.45, 7) is 0. The number of anilines is 1. The van der Waals surface area contributed by atoms with Gasteiger partial charge in [-0.1, -0.05) is 23.2 Å². The van der Waals surface area contributed by atoms with E-state index >= 15 is 0 Å². The third kappa shape index (κ3) is 5.10. The van der Waals surface area contributed by atoms with Crippen LogP contribution >= 0.6 is 35.4 Å². The lowest BCUT2D eigenvalue weighted by molar-refractivity contribution is 1.25. The smallest absolute Gasteiger partial charge is 0.159 e. The van der Waals surface area contributed by atoms with Gasteiger partial charge >= 0.3 is 0 Å². The maximum atomic E-state index is 8.48. The number of isothiocyanates is 1. The number of aliphatic imine (C=N–C) groups is 1. The Hall–Kier alpha value is -2.54. The Kier molecular flexibility index (Phi) is 6.91. The van der Waals surface area contributed by atoms with E-state index in [4.69, 9.17) is 39.5 Å². The molecule has 0 aliphatic rings. The standard InChI is InChI=1S/C7H2ClN3S.C6H4ClN3/c8-6-1-5(11-4-12)3-10-7(6)2-9;7-5-1-4(9)3-10-6(5)2-8/h1,3H;1,3H,9H2. The van der Waals surface area contributed by atoms with Crippen molar-refractivity contribution < 1.29 is 0 Å². The number of halogens is 2. The van der Waals surface area contributed by atoms with E-state index in [0.29, 0.717) is 16.4 Å². The van der Waals surface area contributed by atoms with Gasteiger partial charge in [0, 0.05) is 0 Å². The third-order valence-corrected chi connectivity index (χ3v) is 2.74. The number of rotatable bonds is 1. The summed E-state index contributed by atoms with van der Waals surface area (Å²) >= 11 is 15.6. The van der Waals surface area contributed by atoms with E-state index < -0.39 is 0 Å². The van der Waals surface area contributed by atoms with Gasteiger partial charge in [0.2, 0.25) is 0 Å². The van der Waals surface area contributed by atoms with Crippen molar-refractivity contribution in [2.75, 3.05) is 5.73 Å². The van der Waals surface area contributed by atoms with Crippen molar-refractivity contribution in [2.24, 2.45) is 4.99 Å². The minimum absolute atomic E-state index is 0.181.